The quantitative estimate of drug-likeness (QED) is 0.914. The first-order valence-electron chi connectivity index (χ1n) is 7.29. The van der Waals surface area contributed by atoms with Gasteiger partial charge in [0, 0.05) is 19.1 Å². The van der Waals surface area contributed by atoms with E-state index in [9.17, 15) is 4.79 Å². The van der Waals surface area contributed by atoms with Crippen LogP contribution in [0.4, 0.5) is 0 Å². The first kappa shape index (κ1) is 13.5. The number of aromatic carboxylic acids is 1. The maximum absolute atomic E-state index is 11.0. The molecule has 2 heterocycles. The van der Waals surface area contributed by atoms with Crippen molar-refractivity contribution in [2.45, 2.75) is 44.4 Å². The van der Waals surface area contributed by atoms with E-state index in [4.69, 9.17) is 9.84 Å². The van der Waals surface area contributed by atoms with Crippen molar-refractivity contribution in [3.8, 4) is 0 Å². The summed E-state index contributed by atoms with van der Waals surface area (Å²) in [6.45, 7) is 2.38. The van der Waals surface area contributed by atoms with Crippen molar-refractivity contribution in [2.24, 2.45) is 0 Å². The van der Waals surface area contributed by atoms with Crippen molar-refractivity contribution < 1.29 is 14.6 Å². The lowest BCUT2D eigenvalue weighted by Gasteiger charge is -2.43. The highest BCUT2D eigenvalue weighted by Crippen LogP contribution is 2.29. The molecule has 0 radical (unpaired) electrons. The van der Waals surface area contributed by atoms with E-state index >= 15 is 0 Å². The van der Waals surface area contributed by atoms with Gasteiger partial charge in [-0.3, -0.25) is 4.90 Å². The molecule has 0 aromatic carbocycles. The number of morpholine rings is 1. The minimum Gasteiger partial charge on any atom is -0.477 e. The van der Waals surface area contributed by atoms with Gasteiger partial charge in [-0.25, -0.2) is 9.78 Å². The largest absolute Gasteiger partial charge is 0.477 e. The summed E-state index contributed by atoms with van der Waals surface area (Å²) in [4.78, 5) is 17.6. The van der Waals surface area contributed by atoms with Gasteiger partial charge in [0.05, 0.1) is 18.4 Å². The van der Waals surface area contributed by atoms with Crippen LogP contribution in [0.5, 0.6) is 0 Å². The van der Waals surface area contributed by atoms with Crippen LogP contribution in [0.3, 0.4) is 0 Å². The molecule has 2 aliphatic rings. The summed E-state index contributed by atoms with van der Waals surface area (Å²) < 4.78 is 5.86. The Kier molecular flexibility index (Phi) is 3.98. The molecular formula is C15H20N2O3. The molecule has 1 aromatic rings. The lowest BCUT2D eigenvalue weighted by Crippen LogP contribution is -2.52. The number of carboxylic acids is 1. The molecule has 1 N–H and O–H groups in total. The number of carboxylic acid groups (broad SMARTS) is 1. The van der Waals surface area contributed by atoms with Crippen LogP contribution in [-0.4, -0.2) is 46.3 Å². The van der Waals surface area contributed by atoms with Gasteiger partial charge >= 0.3 is 5.97 Å². The zero-order valence-electron chi connectivity index (χ0n) is 11.5. The number of pyridine rings is 1. The summed E-state index contributed by atoms with van der Waals surface area (Å²) in [7, 11) is 0. The third-order valence-electron chi connectivity index (χ3n) is 4.24. The summed E-state index contributed by atoms with van der Waals surface area (Å²) in [6.07, 6.45) is 5.17. The summed E-state index contributed by atoms with van der Waals surface area (Å²) >= 11 is 0. The maximum Gasteiger partial charge on any atom is 0.354 e. The van der Waals surface area contributed by atoms with Crippen molar-refractivity contribution in [3.63, 3.8) is 0 Å². The number of ether oxygens (including phenoxy) is 1. The fourth-order valence-corrected chi connectivity index (χ4v) is 3.27. The molecule has 2 fully saturated rings. The van der Waals surface area contributed by atoms with E-state index in [1.54, 1.807) is 6.07 Å². The zero-order chi connectivity index (χ0) is 13.9. The normalized spacial score (nSPS) is 27.0. The predicted octanol–water partition coefficient (Wildman–Crippen LogP) is 1.92. The van der Waals surface area contributed by atoms with Crippen LogP contribution in [-0.2, 0) is 11.3 Å². The Hall–Kier alpha value is -1.46. The Balaban J connectivity index is 1.72. The SMILES string of the molecule is O=C(O)c1cccc(CN2CCOC3CCCCC32)n1. The summed E-state index contributed by atoms with van der Waals surface area (Å²) in [5, 5.41) is 9.01. The molecule has 1 aliphatic heterocycles. The van der Waals surface area contributed by atoms with Crippen LogP contribution in [0, 0.1) is 0 Å². The van der Waals surface area contributed by atoms with E-state index in [-0.39, 0.29) is 5.69 Å². The average Bonchev–Trinajstić information content (AvgIpc) is 2.48. The Labute approximate surface area is 118 Å². The van der Waals surface area contributed by atoms with Crippen molar-refractivity contribution in [1.29, 1.82) is 0 Å². The number of nitrogens with zero attached hydrogens (tertiary/aromatic N) is 2. The standard InChI is InChI=1S/C15H20N2O3/c18-15(19)12-5-3-4-11(16-12)10-17-8-9-20-14-7-2-1-6-13(14)17/h3-5,13-14H,1-2,6-10H2,(H,18,19). The molecule has 1 aromatic heterocycles. The van der Waals surface area contributed by atoms with E-state index in [1.807, 2.05) is 6.07 Å². The van der Waals surface area contributed by atoms with E-state index in [1.165, 1.54) is 25.3 Å². The second-order valence-corrected chi connectivity index (χ2v) is 5.55. The summed E-state index contributed by atoms with van der Waals surface area (Å²) in [6, 6.07) is 5.67. The van der Waals surface area contributed by atoms with E-state index in [2.05, 4.69) is 9.88 Å². The number of hydrogen-bond donors (Lipinski definition) is 1. The monoisotopic (exact) mass is 276 g/mol. The minimum absolute atomic E-state index is 0.121. The fraction of sp³-hybridized carbons (Fsp3) is 0.600. The van der Waals surface area contributed by atoms with Crippen molar-refractivity contribution >= 4 is 5.97 Å². The molecular weight excluding hydrogens is 256 g/mol. The van der Waals surface area contributed by atoms with Gasteiger partial charge in [-0.15, -0.1) is 0 Å². The van der Waals surface area contributed by atoms with Crippen molar-refractivity contribution in [1.82, 2.24) is 9.88 Å². The topological polar surface area (TPSA) is 62.7 Å². The molecule has 1 aliphatic carbocycles. The van der Waals surface area contributed by atoms with E-state index < -0.39 is 5.97 Å². The molecule has 108 valence electrons. The number of hydrogen-bond acceptors (Lipinski definition) is 4. The summed E-state index contributed by atoms with van der Waals surface area (Å²) in [5.74, 6) is -0.968. The number of fused-ring (bicyclic) bond motifs is 1. The van der Waals surface area contributed by atoms with Gasteiger partial charge in [-0.2, -0.15) is 0 Å². The first-order chi connectivity index (χ1) is 9.74. The molecule has 2 unspecified atom stereocenters. The van der Waals surface area contributed by atoms with E-state index in [0.717, 1.165) is 25.3 Å². The van der Waals surface area contributed by atoms with Gasteiger partial charge in [0.15, 0.2) is 0 Å². The highest BCUT2D eigenvalue weighted by atomic mass is 16.5. The van der Waals surface area contributed by atoms with Crippen LogP contribution < -0.4 is 0 Å². The molecule has 5 heteroatoms. The zero-order valence-corrected chi connectivity index (χ0v) is 11.5. The molecule has 1 saturated heterocycles. The second kappa shape index (κ2) is 5.89. The number of aromatic nitrogens is 1. The molecule has 5 nitrogen and oxygen atoms in total. The maximum atomic E-state index is 11.0. The van der Waals surface area contributed by atoms with Crippen LogP contribution in [0.25, 0.3) is 0 Å². The Morgan fingerprint density at radius 2 is 2.25 bits per heavy atom. The highest BCUT2D eigenvalue weighted by Gasteiger charge is 2.34. The third-order valence-corrected chi connectivity index (χ3v) is 4.24. The fourth-order valence-electron chi connectivity index (χ4n) is 3.27. The van der Waals surface area contributed by atoms with Crippen molar-refractivity contribution in [2.75, 3.05) is 13.2 Å². The second-order valence-electron chi connectivity index (χ2n) is 5.55. The third kappa shape index (κ3) is 2.83. The smallest absolute Gasteiger partial charge is 0.354 e. The minimum atomic E-state index is -0.968. The van der Waals surface area contributed by atoms with Crippen LogP contribution in [0.15, 0.2) is 18.2 Å². The average molecular weight is 276 g/mol. The van der Waals surface area contributed by atoms with Gasteiger partial charge < -0.3 is 9.84 Å². The molecule has 3 rings (SSSR count). The molecule has 0 spiro atoms. The highest BCUT2D eigenvalue weighted by molar-refractivity contribution is 5.85. The predicted molar refractivity (Wildman–Crippen MR) is 73.6 cm³/mol. The molecule has 0 bridgehead atoms. The lowest BCUT2D eigenvalue weighted by atomic mass is 9.90. The van der Waals surface area contributed by atoms with Crippen LogP contribution in [0.2, 0.25) is 0 Å². The van der Waals surface area contributed by atoms with Gasteiger partial charge in [0.2, 0.25) is 0 Å². The van der Waals surface area contributed by atoms with Gasteiger partial charge in [0.1, 0.15) is 5.69 Å². The van der Waals surface area contributed by atoms with Crippen LogP contribution >= 0.6 is 0 Å². The summed E-state index contributed by atoms with van der Waals surface area (Å²) in [5.41, 5.74) is 0.951. The number of carbonyl (C=O) groups is 1. The lowest BCUT2D eigenvalue weighted by molar-refractivity contribution is -0.0914. The molecule has 2 atom stereocenters. The Morgan fingerprint density at radius 3 is 3.10 bits per heavy atom. The first-order valence-corrected chi connectivity index (χ1v) is 7.29. The molecule has 20 heavy (non-hydrogen) atoms. The van der Waals surface area contributed by atoms with Crippen molar-refractivity contribution in [3.05, 3.63) is 29.6 Å². The van der Waals surface area contributed by atoms with E-state index in [0.29, 0.717) is 18.7 Å². The number of rotatable bonds is 3. The molecule has 1 saturated carbocycles. The van der Waals surface area contributed by atoms with Crippen LogP contribution in [0.1, 0.15) is 41.9 Å². The Morgan fingerprint density at radius 1 is 1.40 bits per heavy atom. The Bertz CT molecular complexity index is 490. The molecule has 0 amide bonds. The van der Waals surface area contributed by atoms with Gasteiger partial charge in [-0.05, 0) is 25.0 Å². The van der Waals surface area contributed by atoms with Gasteiger partial charge in [-0.1, -0.05) is 18.9 Å². The van der Waals surface area contributed by atoms with Gasteiger partial charge in [0.25, 0.3) is 0 Å².